The number of hydrogen-bond acceptors (Lipinski definition) is 4. The van der Waals surface area contributed by atoms with E-state index in [0.717, 1.165) is 0 Å². The van der Waals surface area contributed by atoms with Crippen LogP contribution in [0.25, 0.3) is 0 Å². The van der Waals surface area contributed by atoms with Crippen LogP contribution in [0.3, 0.4) is 0 Å². The van der Waals surface area contributed by atoms with Gasteiger partial charge >= 0.3 is 48.8 Å². The van der Waals surface area contributed by atoms with Gasteiger partial charge in [0, 0.05) is 5.56 Å². The number of benzene rings is 1. The van der Waals surface area contributed by atoms with E-state index in [1.165, 1.54) is 4.74 Å². The van der Waals surface area contributed by atoms with Gasteiger partial charge in [-0.05, 0) is 35.9 Å². The van der Waals surface area contributed by atoms with Crippen molar-refractivity contribution in [2.24, 2.45) is 0 Å². The van der Waals surface area contributed by atoms with Crippen molar-refractivity contribution in [2.45, 2.75) is 48.8 Å². The molecule has 0 spiro atoms. The van der Waals surface area contributed by atoms with Gasteiger partial charge in [-0.2, -0.15) is 65.9 Å². The molecule has 0 aliphatic carbocycles. The summed E-state index contributed by atoms with van der Waals surface area (Å²) in [5, 5.41) is -1.18. The maximum atomic E-state index is 13.9. The van der Waals surface area contributed by atoms with E-state index in [4.69, 9.17) is 11.6 Å². The zero-order valence-corrected chi connectivity index (χ0v) is 16.7. The van der Waals surface area contributed by atoms with Gasteiger partial charge in [0.15, 0.2) is 0 Å². The Bertz CT molecular complexity index is 929. The summed E-state index contributed by atoms with van der Waals surface area (Å²) >= 11 is 5.00. The molecule has 0 aliphatic rings. The Morgan fingerprint density at radius 2 is 1.17 bits per heavy atom. The van der Waals surface area contributed by atoms with Crippen molar-refractivity contribution < 1.29 is 89.3 Å². The van der Waals surface area contributed by atoms with Gasteiger partial charge in [-0.15, -0.1) is 0 Å². The van der Waals surface area contributed by atoms with Crippen molar-refractivity contribution >= 4 is 16.8 Å². The number of halogens is 17. The van der Waals surface area contributed by atoms with Gasteiger partial charge in [0.2, 0.25) is 0 Å². The smallest absolute Gasteiger partial charge is 0.429 e. The number of alkyl halides is 16. The van der Waals surface area contributed by atoms with Crippen molar-refractivity contribution in [1.29, 1.82) is 0 Å². The van der Waals surface area contributed by atoms with E-state index >= 15 is 0 Å². The van der Waals surface area contributed by atoms with Crippen LogP contribution in [0.2, 0.25) is 0 Å². The SMILES string of the molecule is O=C(Cl)c1ccc(OC(F)(F)C(F)OC(F)(F)C(F)(OC(F)(F)C(F)(F)C(F)(F)F)C(F)(F)F)cc1. The molecule has 0 aromatic heterocycles. The lowest BCUT2D eigenvalue weighted by atomic mass is 10.2. The number of ether oxygens (including phenoxy) is 3. The summed E-state index contributed by atoms with van der Waals surface area (Å²) in [6.45, 7) is 0. The fourth-order valence-electron chi connectivity index (χ4n) is 1.82. The first-order valence-electron chi connectivity index (χ1n) is 8.06. The van der Waals surface area contributed by atoms with Crippen molar-refractivity contribution in [2.75, 3.05) is 0 Å². The standard InChI is InChI=1S/C15H5ClF16O4/c16-7(33)5-1-3-6(4-2-5)34-9(18,19)8(17)35-15(31,32)11(22,13(26,27)28)36-14(29,30)10(20,21)12(23,24)25/h1-4,8H. The van der Waals surface area contributed by atoms with Crippen LogP contribution in [0.15, 0.2) is 24.3 Å². The van der Waals surface area contributed by atoms with Gasteiger partial charge in [-0.25, -0.2) is 4.39 Å². The quantitative estimate of drug-likeness (QED) is 0.219. The van der Waals surface area contributed by atoms with Crippen LogP contribution < -0.4 is 4.74 Å². The molecule has 0 heterocycles. The van der Waals surface area contributed by atoms with Crippen LogP contribution in [-0.2, 0) is 9.47 Å². The van der Waals surface area contributed by atoms with Crippen molar-refractivity contribution in [3.63, 3.8) is 0 Å². The van der Waals surface area contributed by atoms with Crippen LogP contribution in [-0.4, -0.2) is 54.1 Å². The second-order valence-corrected chi connectivity index (χ2v) is 6.54. The van der Waals surface area contributed by atoms with Crippen LogP contribution in [0.4, 0.5) is 70.2 Å². The molecule has 0 N–H and O–H groups in total. The predicted octanol–water partition coefficient (Wildman–Crippen LogP) is 6.98. The van der Waals surface area contributed by atoms with E-state index in [-0.39, 0.29) is 0 Å². The van der Waals surface area contributed by atoms with E-state index < -0.39 is 65.4 Å². The van der Waals surface area contributed by atoms with Gasteiger partial charge < -0.3 is 4.74 Å². The third kappa shape index (κ3) is 6.18. The average Bonchev–Trinajstić information content (AvgIpc) is 2.65. The lowest BCUT2D eigenvalue weighted by molar-refractivity contribution is -0.543. The first kappa shape index (κ1) is 31.8. The van der Waals surface area contributed by atoms with Gasteiger partial charge in [0.05, 0.1) is 0 Å². The zero-order valence-electron chi connectivity index (χ0n) is 15.9. The molecule has 208 valence electrons. The van der Waals surface area contributed by atoms with Crippen molar-refractivity contribution in [1.82, 2.24) is 0 Å². The van der Waals surface area contributed by atoms with Gasteiger partial charge in [0.25, 0.3) is 5.24 Å². The first-order valence-corrected chi connectivity index (χ1v) is 8.44. The Kier molecular flexibility index (Phi) is 8.47. The Hall–Kier alpha value is -2.22. The highest BCUT2D eigenvalue weighted by molar-refractivity contribution is 6.67. The van der Waals surface area contributed by atoms with Crippen LogP contribution in [0.1, 0.15) is 10.4 Å². The zero-order chi connectivity index (χ0) is 28.8. The molecule has 1 aromatic carbocycles. The topological polar surface area (TPSA) is 44.8 Å². The summed E-state index contributed by atoms with van der Waals surface area (Å²) in [5.74, 6) is -16.8. The average molecular weight is 589 g/mol. The molecule has 2 atom stereocenters. The molecule has 1 rings (SSSR count). The molecule has 0 amide bonds. The summed E-state index contributed by atoms with van der Waals surface area (Å²) in [4.78, 5) is 10.8. The molecule has 1 aromatic rings. The Morgan fingerprint density at radius 3 is 1.53 bits per heavy atom. The second kappa shape index (κ2) is 9.58. The summed E-state index contributed by atoms with van der Waals surface area (Å²) < 4.78 is 215. The Morgan fingerprint density at radius 1 is 0.722 bits per heavy atom. The number of carbonyl (C=O) groups is 1. The molecule has 0 aliphatic heterocycles. The molecule has 0 radical (unpaired) electrons. The van der Waals surface area contributed by atoms with Crippen LogP contribution in [0.5, 0.6) is 5.75 Å². The summed E-state index contributed by atoms with van der Waals surface area (Å²) in [7, 11) is 0. The minimum atomic E-state index is -7.78. The fraction of sp³-hybridized carbons (Fsp3) is 0.533. The van der Waals surface area contributed by atoms with Crippen molar-refractivity contribution in [3.05, 3.63) is 29.8 Å². The minimum Gasteiger partial charge on any atom is -0.429 e. The highest BCUT2D eigenvalue weighted by Crippen LogP contribution is 2.55. The molecule has 36 heavy (non-hydrogen) atoms. The number of rotatable bonds is 10. The Balaban J connectivity index is 3.30. The normalized spacial score (nSPS) is 16.9. The van der Waals surface area contributed by atoms with Gasteiger partial charge in [-0.1, -0.05) is 0 Å². The molecule has 0 saturated heterocycles. The van der Waals surface area contributed by atoms with Gasteiger partial charge in [0.1, 0.15) is 5.75 Å². The molecular formula is C15H5ClF16O4. The largest absolute Gasteiger partial charge is 0.462 e. The third-order valence-electron chi connectivity index (χ3n) is 3.58. The first-order chi connectivity index (χ1) is 15.7. The maximum absolute atomic E-state index is 13.9. The summed E-state index contributed by atoms with van der Waals surface area (Å²) in [5.41, 5.74) is -0.409. The molecule has 4 nitrogen and oxygen atoms in total. The van der Waals surface area contributed by atoms with Gasteiger partial charge in [-0.3, -0.25) is 14.3 Å². The van der Waals surface area contributed by atoms with Crippen LogP contribution >= 0.6 is 11.6 Å². The predicted molar refractivity (Wildman–Crippen MR) is 80.1 cm³/mol. The minimum absolute atomic E-state index is 0.381. The molecule has 0 saturated carbocycles. The second-order valence-electron chi connectivity index (χ2n) is 6.20. The lowest BCUT2D eigenvalue weighted by Gasteiger charge is -2.38. The molecule has 21 heteroatoms. The van der Waals surface area contributed by atoms with E-state index in [1.54, 1.807) is 0 Å². The highest BCUT2D eigenvalue weighted by atomic mass is 35.5. The third-order valence-corrected chi connectivity index (χ3v) is 3.80. The highest BCUT2D eigenvalue weighted by Gasteiger charge is 2.84. The Labute approximate surface area is 191 Å². The number of hydrogen-bond donors (Lipinski definition) is 0. The maximum Gasteiger partial charge on any atom is 0.462 e. The van der Waals surface area contributed by atoms with E-state index in [9.17, 15) is 75.0 Å². The number of carbonyl (C=O) groups excluding carboxylic acids is 1. The van der Waals surface area contributed by atoms with E-state index in [2.05, 4.69) is 9.47 Å². The molecule has 0 bridgehead atoms. The van der Waals surface area contributed by atoms with E-state index in [0.29, 0.717) is 24.3 Å². The van der Waals surface area contributed by atoms with Crippen molar-refractivity contribution in [3.8, 4) is 5.75 Å². The molecule has 0 fully saturated rings. The van der Waals surface area contributed by atoms with E-state index in [1.807, 2.05) is 0 Å². The summed E-state index contributed by atoms with van der Waals surface area (Å²) in [6, 6.07) is 1.98. The molecule has 2 unspecified atom stereocenters. The summed E-state index contributed by atoms with van der Waals surface area (Å²) in [6.07, 6.45) is -41.6. The lowest BCUT2D eigenvalue weighted by Crippen LogP contribution is -2.66. The van der Waals surface area contributed by atoms with Crippen LogP contribution in [0, 0.1) is 0 Å². The molecular weight excluding hydrogens is 584 g/mol. The monoisotopic (exact) mass is 588 g/mol. The fourth-order valence-corrected chi connectivity index (χ4v) is 1.95.